The van der Waals surface area contributed by atoms with Gasteiger partial charge < -0.3 is 14.8 Å². The predicted molar refractivity (Wildman–Crippen MR) is 96.7 cm³/mol. The maximum atomic E-state index is 4.86. The molecule has 2 atom stereocenters. The van der Waals surface area contributed by atoms with Crippen LogP contribution in [-0.2, 0) is 0 Å². The summed E-state index contributed by atoms with van der Waals surface area (Å²) in [6.07, 6.45) is 9.50. The van der Waals surface area contributed by atoms with Gasteiger partial charge in [-0.3, -0.25) is 4.99 Å². The predicted octanol–water partition coefficient (Wildman–Crippen LogP) is 3.17. The van der Waals surface area contributed by atoms with Crippen molar-refractivity contribution in [2.45, 2.75) is 53.0 Å². The summed E-state index contributed by atoms with van der Waals surface area (Å²) in [6, 6.07) is 0.478. The van der Waals surface area contributed by atoms with Gasteiger partial charge in [-0.15, -0.1) is 0 Å². The average molecular weight is 319 g/mol. The maximum Gasteiger partial charge on any atom is 0.193 e. The van der Waals surface area contributed by atoms with Crippen LogP contribution >= 0.6 is 0 Å². The normalized spacial score (nSPS) is 22.7. The van der Waals surface area contributed by atoms with Gasteiger partial charge in [0.1, 0.15) is 0 Å². The fourth-order valence-electron chi connectivity index (χ4n) is 3.21. The lowest BCUT2D eigenvalue weighted by atomic mass is 9.93. The van der Waals surface area contributed by atoms with Gasteiger partial charge in [0.25, 0.3) is 0 Å². The molecule has 0 amide bonds. The number of nitrogens with one attached hydrogen (secondary N) is 1. The van der Waals surface area contributed by atoms with Gasteiger partial charge in [-0.05, 0) is 38.0 Å². The lowest BCUT2D eigenvalue weighted by molar-refractivity contribution is 0.189. The largest absolute Gasteiger partial charge is 0.357 e. The molecule has 1 fully saturated rings. The highest BCUT2D eigenvalue weighted by molar-refractivity contribution is 5.80. The maximum absolute atomic E-state index is 4.86. The van der Waals surface area contributed by atoms with Crippen LogP contribution in [0.2, 0.25) is 0 Å². The molecule has 1 aromatic rings. The number of likely N-dealkylation sites (tertiary alicyclic amines) is 1. The third-order valence-electron chi connectivity index (χ3n) is 4.66. The van der Waals surface area contributed by atoms with Crippen LogP contribution in [0.5, 0.6) is 0 Å². The van der Waals surface area contributed by atoms with Crippen LogP contribution in [0, 0.1) is 11.8 Å². The Morgan fingerprint density at radius 3 is 2.91 bits per heavy atom. The summed E-state index contributed by atoms with van der Waals surface area (Å²) in [4.78, 5) is 11.5. The summed E-state index contributed by atoms with van der Waals surface area (Å²) in [5.41, 5.74) is 0. The molecule has 1 N–H and O–H groups in total. The molecule has 1 aliphatic rings. The SMILES string of the molecule is CCNC(=NCCCC(C)C)N1CCC(C)C(n2ccnc2)C1. The molecular formula is C18H33N5. The molecule has 1 aliphatic heterocycles. The highest BCUT2D eigenvalue weighted by Gasteiger charge is 2.28. The molecule has 130 valence electrons. The second kappa shape index (κ2) is 8.94. The topological polar surface area (TPSA) is 45.5 Å². The molecule has 0 saturated carbocycles. The Balaban J connectivity index is 1.99. The Kier molecular flexibility index (Phi) is 6.93. The first-order valence-corrected chi connectivity index (χ1v) is 9.12. The van der Waals surface area contributed by atoms with E-state index in [2.05, 4.69) is 53.7 Å². The standard InChI is InChI=1S/C18H33N5/c1-5-20-18(21-9-6-7-15(2)3)22-11-8-16(4)17(13-22)23-12-10-19-14-23/h10,12,14-17H,5-9,11,13H2,1-4H3,(H,20,21). The zero-order chi connectivity index (χ0) is 16.7. The Morgan fingerprint density at radius 2 is 2.26 bits per heavy atom. The molecule has 0 radical (unpaired) electrons. The number of aromatic nitrogens is 2. The van der Waals surface area contributed by atoms with Crippen molar-refractivity contribution in [3.05, 3.63) is 18.7 Å². The monoisotopic (exact) mass is 319 g/mol. The van der Waals surface area contributed by atoms with Crippen molar-refractivity contribution >= 4 is 5.96 Å². The molecule has 5 heteroatoms. The van der Waals surface area contributed by atoms with Gasteiger partial charge in [-0.2, -0.15) is 0 Å². The van der Waals surface area contributed by atoms with E-state index in [4.69, 9.17) is 4.99 Å². The molecule has 2 rings (SSSR count). The number of piperidine rings is 1. The van der Waals surface area contributed by atoms with Crippen LogP contribution in [0.15, 0.2) is 23.7 Å². The van der Waals surface area contributed by atoms with E-state index in [1.807, 2.05) is 12.5 Å². The van der Waals surface area contributed by atoms with Gasteiger partial charge in [-0.25, -0.2) is 4.98 Å². The second-order valence-electron chi connectivity index (χ2n) is 7.06. The van der Waals surface area contributed by atoms with Gasteiger partial charge in [0.15, 0.2) is 5.96 Å². The summed E-state index contributed by atoms with van der Waals surface area (Å²) in [5.74, 6) is 2.51. The van der Waals surface area contributed by atoms with E-state index >= 15 is 0 Å². The highest BCUT2D eigenvalue weighted by atomic mass is 15.3. The Hall–Kier alpha value is -1.52. The van der Waals surface area contributed by atoms with Crippen LogP contribution in [0.4, 0.5) is 0 Å². The second-order valence-corrected chi connectivity index (χ2v) is 7.06. The molecule has 0 aromatic carbocycles. The van der Waals surface area contributed by atoms with Crippen molar-refractivity contribution < 1.29 is 0 Å². The van der Waals surface area contributed by atoms with Crippen LogP contribution in [0.3, 0.4) is 0 Å². The van der Waals surface area contributed by atoms with Gasteiger partial charge in [-0.1, -0.05) is 20.8 Å². The van der Waals surface area contributed by atoms with Crippen LogP contribution in [0.25, 0.3) is 0 Å². The minimum Gasteiger partial charge on any atom is -0.357 e. The van der Waals surface area contributed by atoms with Crippen molar-refractivity contribution in [3.63, 3.8) is 0 Å². The molecule has 0 spiro atoms. The molecule has 0 bridgehead atoms. The Labute approximate surface area is 141 Å². The fraction of sp³-hybridized carbons (Fsp3) is 0.778. The van der Waals surface area contributed by atoms with E-state index in [-0.39, 0.29) is 0 Å². The number of imidazole rings is 1. The lowest BCUT2D eigenvalue weighted by Crippen LogP contribution is -2.49. The van der Waals surface area contributed by atoms with Crippen molar-refractivity contribution in [3.8, 4) is 0 Å². The molecule has 1 saturated heterocycles. The molecule has 0 aliphatic carbocycles. The van der Waals surface area contributed by atoms with E-state index in [9.17, 15) is 0 Å². The number of hydrogen-bond donors (Lipinski definition) is 1. The third kappa shape index (κ3) is 5.26. The molecule has 1 aromatic heterocycles. The molecule has 23 heavy (non-hydrogen) atoms. The number of aliphatic imine (C=N–C) groups is 1. The fourth-order valence-corrected chi connectivity index (χ4v) is 3.21. The summed E-state index contributed by atoms with van der Waals surface area (Å²) < 4.78 is 2.25. The zero-order valence-electron chi connectivity index (χ0n) is 15.2. The van der Waals surface area contributed by atoms with Crippen molar-refractivity contribution in [2.24, 2.45) is 16.8 Å². The van der Waals surface area contributed by atoms with Crippen LogP contribution in [0.1, 0.15) is 53.0 Å². The number of rotatable bonds is 6. The van der Waals surface area contributed by atoms with Crippen molar-refractivity contribution in [1.82, 2.24) is 19.8 Å². The number of guanidine groups is 1. The molecule has 2 heterocycles. The van der Waals surface area contributed by atoms with E-state index < -0.39 is 0 Å². The summed E-state index contributed by atoms with van der Waals surface area (Å²) >= 11 is 0. The quantitative estimate of drug-likeness (QED) is 0.498. The first kappa shape index (κ1) is 17.8. The molecule has 2 unspecified atom stereocenters. The van der Waals surface area contributed by atoms with E-state index in [1.54, 1.807) is 0 Å². The Morgan fingerprint density at radius 1 is 1.43 bits per heavy atom. The minimum atomic E-state index is 0.478. The van der Waals surface area contributed by atoms with E-state index in [0.717, 1.165) is 38.1 Å². The van der Waals surface area contributed by atoms with E-state index in [0.29, 0.717) is 12.0 Å². The third-order valence-corrected chi connectivity index (χ3v) is 4.66. The number of nitrogens with zero attached hydrogens (tertiary/aromatic N) is 4. The van der Waals surface area contributed by atoms with Crippen molar-refractivity contribution in [1.29, 1.82) is 0 Å². The molecule has 5 nitrogen and oxygen atoms in total. The van der Waals surface area contributed by atoms with Gasteiger partial charge in [0.05, 0.1) is 12.4 Å². The Bertz CT molecular complexity index is 466. The van der Waals surface area contributed by atoms with Gasteiger partial charge in [0, 0.05) is 38.6 Å². The highest BCUT2D eigenvalue weighted by Crippen LogP contribution is 2.27. The average Bonchev–Trinajstić information content (AvgIpc) is 3.05. The first-order chi connectivity index (χ1) is 11.1. The molecular weight excluding hydrogens is 286 g/mol. The first-order valence-electron chi connectivity index (χ1n) is 9.12. The zero-order valence-corrected chi connectivity index (χ0v) is 15.2. The smallest absolute Gasteiger partial charge is 0.193 e. The van der Waals surface area contributed by atoms with Crippen LogP contribution < -0.4 is 5.32 Å². The minimum absolute atomic E-state index is 0.478. The lowest BCUT2D eigenvalue weighted by Gasteiger charge is -2.39. The number of hydrogen-bond acceptors (Lipinski definition) is 2. The van der Waals surface area contributed by atoms with Crippen molar-refractivity contribution in [2.75, 3.05) is 26.2 Å². The van der Waals surface area contributed by atoms with E-state index in [1.165, 1.54) is 19.3 Å². The van der Waals surface area contributed by atoms with Crippen LogP contribution in [-0.4, -0.2) is 46.6 Å². The summed E-state index contributed by atoms with van der Waals surface area (Å²) in [5, 5.41) is 3.47. The van der Waals surface area contributed by atoms with Gasteiger partial charge in [0.2, 0.25) is 0 Å². The van der Waals surface area contributed by atoms with Gasteiger partial charge >= 0.3 is 0 Å². The summed E-state index contributed by atoms with van der Waals surface area (Å²) in [7, 11) is 0. The summed E-state index contributed by atoms with van der Waals surface area (Å²) in [6.45, 7) is 13.0.